The maximum Gasteiger partial charge on any atom is 0.253 e. The molecular weight excluding hydrogens is 372 g/mol. The van der Waals surface area contributed by atoms with E-state index in [-0.39, 0.29) is 5.91 Å². The predicted octanol–water partition coefficient (Wildman–Crippen LogP) is 5.17. The van der Waals surface area contributed by atoms with Gasteiger partial charge in [-0.05, 0) is 86.8 Å². The first-order valence-electron chi connectivity index (χ1n) is 11.5. The Morgan fingerprint density at radius 1 is 0.933 bits per heavy atom. The summed E-state index contributed by atoms with van der Waals surface area (Å²) in [7, 11) is 1.74. The minimum absolute atomic E-state index is 0.184. The summed E-state index contributed by atoms with van der Waals surface area (Å²) in [5, 5.41) is 0. The fraction of sp³-hybridized carbons (Fsp3) is 0.500. The minimum Gasteiger partial charge on any atom is -0.496 e. The summed E-state index contributed by atoms with van der Waals surface area (Å²) < 4.78 is 5.47. The van der Waals surface area contributed by atoms with E-state index in [1.54, 1.807) is 7.11 Å². The molecular formula is C26H34N2O2. The van der Waals surface area contributed by atoms with Crippen molar-refractivity contribution < 1.29 is 9.53 Å². The van der Waals surface area contributed by atoms with Crippen molar-refractivity contribution >= 4 is 11.6 Å². The molecule has 2 aliphatic rings. The number of para-hydroxylation sites is 1. The molecule has 0 radical (unpaired) electrons. The van der Waals surface area contributed by atoms with Crippen molar-refractivity contribution in [1.29, 1.82) is 0 Å². The molecule has 2 heterocycles. The summed E-state index contributed by atoms with van der Waals surface area (Å²) in [6.07, 6.45) is 8.26. The molecule has 0 spiro atoms. The topological polar surface area (TPSA) is 32.8 Å². The Morgan fingerprint density at radius 3 is 2.33 bits per heavy atom. The summed E-state index contributed by atoms with van der Waals surface area (Å²) in [4.78, 5) is 17.4. The van der Waals surface area contributed by atoms with Gasteiger partial charge in [-0.15, -0.1) is 0 Å². The second-order valence-corrected chi connectivity index (χ2v) is 8.68. The smallest absolute Gasteiger partial charge is 0.253 e. The van der Waals surface area contributed by atoms with Gasteiger partial charge >= 0.3 is 0 Å². The molecule has 2 aromatic rings. The number of nitrogens with zero attached hydrogens (tertiary/aromatic N) is 2. The third-order valence-corrected chi connectivity index (χ3v) is 6.75. The Hall–Kier alpha value is -2.49. The summed E-state index contributed by atoms with van der Waals surface area (Å²) in [6, 6.07) is 16.6. The fourth-order valence-corrected chi connectivity index (χ4v) is 4.84. The van der Waals surface area contributed by atoms with Crippen LogP contribution in [0.5, 0.6) is 5.75 Å². The van der Waals surface area contributed by atoms with Crippen molar-refractivity contribution in [2.24, 2.45) is 5.92 Å². The Morgan fingerprint density at radius 2 is 1.63 bits per heavy atom. The number of hydrogen-bond donors (Lipinski definition) is 0. The molecule has 0 saturated carbocycles. The van der Waals surface area contributed by atoms with Gasteiger partial charge in [0.1, 0.15) is 5.75 Å². The highest BCUT2D eigenvalue weighted by atomic mass is 16.5. The van der Waals surface area contributed by atoms with Gasteiger partial charge in [-0.1, -0.05) is 18.2 Å². The van der Waals surface area contributed by atoms with Crippen LogP contribution in [-0.4, -0.2) is 44.1 Å². The molecule has 2 saturated heterocycles. The Kier molecular flexibility index (Phi) is 6.93. The van der Waals surface area contributed by atoms with E-state index in [1.165, 1.54) is 30.5 Å². The molecule has 0 aliphatic carbocycles. The lowest BCUT2D eigenvalue weighted by Crippen LogP contribution is -2.38. The number of amides is 1. The number of carbonyl (C=O) groups is 1. The number of rotatable bonds is 6. The molecule has 2 aromatic carbocycles. The van der Waals surface area contributed by atoms with Gasteiger partial charge in [-0.3, -0.25) is 4.79 Å². The van der Waals surface area contributed by atoms with E-state index in [9.17, 15) is 4.79 Å². The second-order valence-electron chi connectivity index (χ2n) is 8.68. The Balaban J connectivity index is 1.27. The van der Waals surface area contributed by atoms with Crippen LogP contribution in [0.1, 0.15) is 54.4 Å². The molecule has 4 rings (SSSR count). The lowest BCUT2D eigenvalue weighted by Gasteiger charge is -2.32. The van der Waals surface area contributed by atoms with Gasteiger partial charge in [-0.2, -0.15) is 0 Å². The first-order chi connectivity index (χ1) is 14.7. The molecule has 0 atom stereocenters. The number of piperidine rings is 2. The van der Waals surface area contributed by atoms with E-state index in [1.807, 2.05) is 29.2 Å². The second kappa shape index (κ2) is 10.0. The zero-order chi connectivity index (χ0) is 20.8. The third kappa shape index (κ3) is 4.97. The molecule has 0 unspecified atom stereocenters. The number of hydrogen-bond acceptors (Lipinski definition) is 3. The van der Waals surface area contributed by atoms with Gasteiger partial charge in [0.15, 0.2) is 0 Å². The van der Waals surface area contributed by atoms with Crippen LogP contribution in [-0.2, 0) is 6.42 Å². The number of ether oxygens (including phenoxy) is 1. The SMILES string of the molecule is COc1ccccc1CCC1CCN(C(=O)c2ccc(N3CCCCC3)cc2)CC1. The van der Waals surface area contributed by atoms with Crippen LogP contribution >= 0.6 is 0 Å². The van der Waals surface area contributed by atoms with Crippen LogP contribution in [0, 0.1) is 5.92 Å². The molecule has 0 bridgehead atoms. The minimum atomic E-state index is 0.184. The summed E-state index contributed by atoms with van der Waals surface area (Å²) >= 11 is 0. The zero-order valence-corrected chi connectivity index (χ0v) is 18.2. The van der Waals surface area contributed by atoms with E-state index in [2.05, 4.69) is 29.2 Å². The Bertz CT molecular complexity index is 819. The molecule has 0 N–H and O–H groups in total. The lowest BCUT2D eigenvalue weighted by molar-refractivity contribution is 0.0687. The average Bonchev–Trinajstić information content (AvgIpc) is 2.83. The van der Waals surface area contributed by atoms with Crippen molar-refractivity contribution in [3.8, 4) is 5.75 Å². The van der Waals surface area contributed by atoms with E-state index in [4.69, 9.17) is 4.74 Å². The summed E-state index contributed by atoms with van der Waals surface area (Å²) in [5.74, 6) is 1.85. The number of methoxy groups -OCH3 is 1. The maximum absolute atomic E-state index is 13.0. The molecule has 0 aromatic heterocycles. The van der Waals surface area contributed by atoms with Gasteiger partial charge < -0.3 is 14.5 Å². The first-order valence-corrected chi connectivity index (χ1v) is 11.5. The van der Waals surface area contributed by atoms with Gasteiger partial charge in [0.05, 0.1) is 7.11 Å². The number of anilines is 1. The van der Waals surface area contributed by atoms with E-state index < -0.39 is 0 Å². The molecule has 2 fully saturated rings. The highest BCUT2D eigenvalue weighted by Crippen LogP contribution is 2.27. The molecule has 2 aliphatic heterocycles. The number of benzene rings is 2. The van der Waals surface area contributed by atoms with Crippen molar-refractivity contribution in [2.45, 2.75) is 44.9 Å². The molecule has 160 valence electrons. The van der Waals surface area contributed by atoms with Gasteiger partial charge in [0.25, 0.3) is 5.91 Å². The van der Waals surface area contributed by atoms with Crippen LogP contribution in [0.2, 0.25) is 0 Å². The average molecular weight is 407 g/mol. The van der Waals surface area contributed by atoms with Crippen LogP contribution < -0.4 is 9.64 Å². The van der Waals surface area contributed by atoms with Crippen LogP contribution in [0.15, 0.2) is 48.5 Å². The van der Waals surface area contributed by atoms with E-state index >= 15 is 0 Å². The number of likely N-dealkylation sites (tertiary alicyclic amines) is 1. The standard InChI is InChI=1S/C26H34N2O2/c1-30-25-8-4-3-7-22(25)10-9-21-15-19-28(20-16-21)26(29)23-11-13-24(14-12-23)27-17-5-2-6-18-27/h3-4,7-8,11-14,21H,2,5-6,9-10,15-20H2,1H3. The van der Waals surface area contributed by atoms with Crippen LogP contribution in [0.3, 0.4) is 0 Å². The van der Waals surface area contributed by atoms with Crippen molar-refractivity contribution in [3.63, 3.8) is 0 Å². The molecule has 1 amide bonds. The van der Waals surface area contributed by atoms with Gasteiger partial charge in [-0.25, -0.2) is 0 Å². The van der Waals surface area contributed by atoms with E-state index in [0.717, 1.165) is 63.2 Å². The third-order valence-electron chi connectivity index (χ3n) is 6.75. The summed E-state index contributed by atoms with van der Waals surface area (Å²) in [6.45, 7) is 4.00. The van der Waals surface area contributed by atoms with Crippen LogP contribution in [0.4, 0.5) is 5.69 Å². The monoisotopic (exact) mass is 406 g/mol. The predicted molar refractivity (Wildman–Crippen MR) is 122 cm³/mol. The van der Waals surface area contributed by atoms with E-state index in [0.29, 0.717) is 5.92 Å². The van der Waals surface area contributed by atoms with Crippen molar-refractivity contribution in [3.05, 3.63) is 59.7 Å². The highest BCUT2D eigenvalue weighted by Gasteiger charge is 2.24. The van der Waals surface area contributed by atoms with Gasteiger partial charge in [0.2, 0.25) is 0 Å². The van der Waals surface area contributed by atoms with Gasteiger partial charge in [0, 0.05) is 37.4 Å². The number of carbonyl (C=O) groups excluding carboxylic acids is 1. The maximum atomic E-state index is 13.0. The normalized spacial score (nSPS) is 17.8. The molecule has 4 heteroatoms. The molecule has 4 nitrogen and oxygen atoms in total. The number of aryl methyl sites for hydroxylation is 1. The first kappa shape index (κ1) is 20.8. The van der Waals surface area contributed by atoms with Crippen molar-refractivity contribution in [1.82, 2.24) is 4.90 Å². The quantitative estimate of drug-likeness (QED) is 0.663. The zero-order valence-electron chi connectivity index (χ0n) is 18.2. The Labute approximate surface area is 180 Å². The highest BCUT2D eigenvalue weighted by molar-refractivity contribution is 5.94. The fourth-order valence-electron chi connectivity index (χ4n) is 4.84. The summed E-state index contributed by atoms with van der Waals surface area (Å²) in [5.41, 5.74) is 3.36. The van der Waals surface area contributed by atoms with Crippen LogP contribution in [0.25, 0.3) is 0 Å². The van der Waals surface area contributed by atoms with Crippen molar-refractivity contribution in [2.75, 3.05) is 38.2 Å². The largest absolute Gasteiger partial charge is 0.496 e. The molecule has 30 heavy (non-hydrogen) atoms. The lowest BCUT2D eigenvalue weighted by atomic mass is 9.90.